The van der Waals surface area contributed by atoms with Gasteiger partial charge in [0, 0.05) is 24.2 Å². The molecule has 1 unspecified atom stereocenters. The summed E-state index contributed by atoms with van der Waals surface area (Å²) in [4.78, 5) is 27.6. The Morgan fingerprint density at radius 1 is 0.969 bits per heavy atom. The Kier molecular flexibility index (Phi) is 7.94. The van der Waals surface area contributed by atoms with E-state index in [9.17, 15) is 22.8 Å². The zero-order valence-corrected chi connectivity index (χ0v) is 18.3. The smallest absolute Gasteiger partial charge is 0.324 e. The molecule has 2 aromatic carbocycles. The zero-order valence-electron chi connectivity index (χ0n) is 18.3. The number of benzene rings is 2. The summed E-state index contributed by atoms with van der Waals surface area (Å²) in [5.41, 5.74) is 1.13. The largest absolute Gasteiger partial charge is 0.416 e. The topological polar surface area (TPSA) is 49.4 Å². The number of alkyl halides is 3. The number of carbonyl (C=O) groups excluding carboxylic acids is 2. The summed E-state index contributed by atoms with van der Waals surface area (Å²) in [6.45, 7) is 2.16. The van der Waals surface area contributed by atoms with Crippen LogP contribution in [0.5, 0.6) is 0 Å². The van der Waals surface area contributed by atoms with E-state index in [-0.39, 0.29) is 11.6 Å². The summed E-state index contributed by atoms with van der Waals surface area (Å²) in [5.74, 6) is -0.504. The van der Waals surface area contributed by atoms with Crippen molar-refractivity contribution in [1.29, 1.82) is 0 Å². The van der Waals surface area contributed by atoms with Crippen LogP contribution >= 0.6 is 0 Å². The van der Waals surface area contributed by atoms with Gasteiger partial charge in [-0.1, -0.05) is 57.2 Å². The molecule has 3 rings (SSSR count). The van der Waals surface area contributed by atoms with Gasteiger partial charge in [0.25, 0.3) is 0 Å². The van der Waals surface area contributed by atoms with E-state index in [4.69, 9.17) is 0 Å². The molecule has 0 spiro atoms. The number of anilines is 2. The van der Waals surface area contributed by atoms with Crippen LogP contribution in [0.1, 0.15) is 63.0 Å². The van der Waals surface area contributed by atoms with Crippen LogP contribution in [0.15, 0.2) is 48.5 Å². The van der Waals surface area contributed by atoms with Gasteiger partial charge in [0.1, 0.15) is 6.04 Å². The van der Waals surface area contributed by atoms with Gasteiger partial charge < -0.3 is 5.32 Å². The Morgan fingerprint density at radius 3 is 2.31 bits per heavy atom. The molecule has 32 heavy (non-hydrogen) atoms. The molecule has 0 aliphatic carbocycles. The average molecular weight is 447 g/mol. The first-order valence-electron chi connectivity index (χ1n) is 11.2. The molecule has 0 bridgehead atoms. The summed E-state index contributed by atoms with van der Waals surface area (Å²) in [7, 11) is 0. The van der Waals surface area contributed by atoms with Crippen LogP contribution in [-0.2, 0) is 22.2 Å². The number of nitrogens with zero attached hydrogens (tertiary/aromatic N) is 1. The fourth-order valence-electron chi connectivity index (χ4n) is 4.05. The van der Waals surface area contributed by atoms with Crippen molar-refractivity contribution in [2.24, 2.45) is 0 Å². The normalized spacial score (nSPS) is 15.5. The lowest BCUT2D eigenvalue weighted by atomic mass is 10.1. The third kappa shape index (κ3) is 5.90. The highest BCUT2D eigenvalue weighted by molar-refractivity contribution is 6.07. The van der Waals surface area contributed by atoms with E-state index in [1.54, 1.807) is 4.90 Å². The molecule has 1 aliphatic heterocycles. The van der Waals surface area contributed by atoms with Crippen LogP contribution < -0.4 is 10.2 Å². The number of hydrogen-bond acceptors (Lipinski definition) is 2. The Morgan fingerprint density at radius 2 is 1.62 bits per heavy atom. The Hall–Kier alpha value is -2.83. The maximum absolute atomic E-state index is 13.0. The number of carbonyl (C=O) groups is 2. The van der Waals surface area contributed by atoms with Crippen LogP contribution in [0, 0.1) is 0 Å². The number of unbranched alkanes of at least 4 members (excludes halogenated alkanes) is 5. The standard InChI is InChI=1S/C25H29F3N2O2/c1-2-3-4-5-6-7-12-23(31)30-21-11-9-8-10-18(21)17-22(30)24(32)29-20-15-13-19(14-16-20)25(26,27)28/h8-11,13-16,22H,2-7,12,17H2,1H3,(H,29,32). The number of rotatable bonds is 9. The predicted molar refractivity (Wildman–Crippen MR) is 119 cm³/mol. The number of halogens is 3. The second kappa shape index (κ2) is 10.7. The SMILES string of the molecule is CCCCCCCCC(=O)N1c2ccccc2CC1C(=O)Nc1ccc(C(F)(F)F)cc1. The van der Waals surface area contributed by atoms with Gasteiger partial charge in [-0.05, 0) is 42.3 Å². The number of para-hydroxylation sites is 1. The van der Waals surface area contributed by atoms with Crippen molar-refractivity contribution in [3.8, 4) is 0 Å². The van der Waals surface area contributed by atoms with E-state index in [1.807, 2.05) is 24.3 Å². The van der Waals surface area contributed by atoms with E-state index < -0.39 is 23.7 Å². The van der Waals surface area contributed by atoms with Gasteiger partial charge in [-0.2, -0.15) is 13.2 Å². The van der Waals surface area contributed by atoms with Crippen LogP contribution in [0.2, 0.25) is 0 Å². The summed E-state index contributed by atoms with van der Waals surface area (Å²) in [6.07, 6.45) is 2.67. The van der Waals surface area contributed by atoms with Gasteiger partial charge in [-0.3, -0.25) is 14.5 Å². The Labute approximate surface area is 186 Å². The quantitative estimate of drug-likeness (QED) is 0.456. The minimum Gasteiger partial charge on any atom is -0.324 e. The molecular weight excluding hydrogens is 417 g/mol. The molecule has 0 saturated carbocycles. The van der Waals surface area contributed by atoms with Crippen molar-refractivity contribution in [3.63, 3.8) is 0 Å². The van der Waals surface area contributed by atoms with E-state index in [1.165, 1.54) is 25.0 Å². The first-order chi connectivity index (χ1) is 15.3. The fraction of sp³-hybridized carbons (Fsp3) is 0.440. The molecule has 0 aromatic heterocycles. The van der Waals surface area contributed by atoms with Crippen LogP contribution in [0.4, 0.5) is 24.5 Å². The number of amides is 2. The van der Waals surface area contributed by atoms with Crippen LogP contribution in [-0.4, -0.2) is 17.9 Å². The minimum absolute atomic E-state index is 0.0991. The highest BCUT2D eigenvalue weighted by Crippen LogP contribution is 2.34. The van der Waals surface area contributed by atoms with Crippen molar-refractivity contribution < 1.29 is 22.8 Å². The number of fused-ring (bicyclic) bond motifs is 1. The van der Waals surface area contributed by atoms with Crippen molar-refractivity contribution in [1.82, 2.24) is 0 Å². The van der Waals surface area contributed by atoms with Gasteiger partial charge in [-0.25, -0.2) is 0 Å². The highest BCUT2D eigenvalue weighted by atomic mass is 19.4. The monoisotopic (exact) mass is 446 g/mol. The van der Waals surface area contributed by atoms with Gasteiger partial charge in [0.2, 0.25) is 11.8 Å². The minimum atomic E-state index is -4.44. The lowest BCUT2D eigenvalue weighted by molar-refractivity contribution is -0.137. The van der Waals surface area contributed by atoms with Crippen molar-refractivity contribution in [2.45, 2.75) is 70.5 Å². The molecule has 0 radical (unpaired) electrons. The van der Waals surface area contributed by atoms with Gasteiger partial charge in [0.05, 0.1) is 5.56 Å². The first kappa shape index (κ1) is 23.8. The first-order valence-corrected chi connectivity index (χ1v) is 11.2. The number of hydrogen-bond donors (Lipinski definition) is 1. The third-order valence-corrected chi connectivity index (χ3v) is 5.77. The summed E-state index contributed by atoms with van der Waals surface area (Å²) in [5, 5.41) is 2.67. The van der Waals surface area contributed by atoms with E-state index in [0.29, 0.717) is 12.8 Å². The van der Waals surface area contributed by atoms with Crippen molar-refractivity contribution >= 4 is 23.2 Å². The molecule has 1 N–H and O–H groups in total. The second-order valence-corrected chi connectivity index (χ2v) is 8.19. The van der Waals surface area contributed by atoms with Crippen molar-refractivity contribution in [3.05, 3.63) is 59.7 Å². The summed E-state index contributed by atoms with van der Waals surface area (Å²) >= 11 is 0. The second-order valence-electron chi connectivity index (χ2n) is 8.19. The molecule has 172 valence electrons. The van der Waals surface area contributed by atoms with Crippen LogP contribution in [0.3, 0.4) is 0 Å². The van der Waals surface area contributed by atoms with E-state index in [0.717, 1.165) is 49.1 Å². The predicted octanol–water partition coefficient (Wildman–Crippen LogP) is 6.35. The molecular formula is C25H29F3N2O2. The van der Waals surface area contributed by atoms with Gasteiger partial charge >= 0.3 is 6.18 Å². The van der Waals surface area contributed by atoms with Crippen molar-refractivity contribution in [2.75, 3.05) is 10.2 Å². The molecule has 1 atom stereocenters. The summed E-state index contributed by atoms with van der Waals surface area (Å²) in [6, 6.07) is 11.0. The lowest BCUT2D eigenvalue weighted by Crippen LogP contribution is -2.45. The third-order valence-electron chi connectivity index (χ3n) is 5.77. The maximum Gasteiger partial charge on any atom is 0.416 e. The Bertz CT molecular complexity index is 926. The molecule has 0 fully saturated rings. The van der Waals surface area contributed by atoms with E-state index >= 15 is 0 Å². The van der Waals surface area contributed by atoms with Crippen LogP contribution in [0.25, 0.3) is 0 Å². The molecule has 1 heterocycles. The Balaban J connectivity index is 1.67. The van der Waals surface area contributed by atoms with E-state index in [2.05, 4.69) is 12.2 Å². The molecule has 1 aliphatic rings. The number of nitrogens with one attached hydrogen (secondary N) is 1. The highest BCUT2D eigenvalue weighted by Gasteiger charge is 2.38. The maximum atomic E-state index is 13.0. The zero-order chi connectivity index (χ0) is 23.1. The molecule has 0 saturated heterocycles. The molecule has 7 heteroatoms. The van der Waals surface area contributed by atoms with Gasteiger partial charge in [0.15, 0.2) is 0 Å². The average Bonchev–Trinajstić information content (AvgIpc) is 3.16. The molecule has 4 nitrogen and oxygen atoms in total. The fourth-order valence-corrected chi connectivity index (χ4v) is 4.05. The lowest BCUT2D eigenvalue weighted by Gasteiger charge is -2.25. The summed E-state index contributed by atoms with van der Waals surface area (Å²) < 4.78 is 38.3. The molecule has 2 aromatic rings. The molecule has 2 amide bonds. The van der Waals surface area contributed by atoms with Gasteiger partial charge in [-0.15, -0.1) is 0 Å².